The molecule has 0 aliphatic heterocycles. The van der Waals surface area contributed by atoms with Crippen LogP contribution in [0.4, 0.5) is 0 Å². The van der Waals surface area contributed by atoms with Gasteiger partial charge in [0.2, 0.25) is 0 Å². The van der Waals surface area contributed by atoms with Crippen molar-refractivity contribution in [1.82, 2.24) is 0 Å². The molecule has 0 saturated carbocycles. The highest BCUT2D eigenvalue weighted by Gasteiger charge is 2.11. The molecule has 0 spiro atoms. The standard InChI is InChI=1S/C11H9NO2S2/c13-16(14,11-7-4-8-15-11)12-9-10-5-2-1-3-6-10/h1-9H. The maximum atomic E-state index is 11.7. The molecular formula is C11H9NO2S2. The SMILES string of the molecule is O=S(=O)(N=Cc1ccccc1)c1cccs1. The predicted molar refractivity (Wildman–Crippen MR) is 65.5 cm³/mol. The van der Waals surface area contributed by atoms with Crippen LogP contribution in [-0.4, -0.2) is 14.6 Å². The van der Waals surface area contributed by atoms with Crippen LogP contribution >= 0.6 is 11.3 Å². The van der Waals surface area contributed by atoms with Crippen molar-refractivity contribution < 1.29 is 8.42 Å². The van der Waals surface area contributed by atoms with Gasteiger partial charge in [0.25, 0.3) is 10.0 Å². The Morgan fingerprint density at radius 1 is 1.06 bits per heavy atom. The molecule has 0 radical (unpaired) electrons. The Bertz CT molecular complexity index is 572. The number of sulfonamides is 1. The molecule has 0 fully saturated rings. The van der Waals surface area contributed by atoms with E-state index in [1.807, 2.05) is 18.2 Å². The second kappa shape index (κ2) is 4.59. The van der Waals surface area contributed by atoms with Crippen molar-refractivity contribution >= 4 is 27.6 Å². The normalized spacial score (nSPS) is 12.0. The van der Waals surface area contributed by atoms with Gasteiger partial charge in [-0.25, -0.2) is 0 Å². The summed E-state index contributed by atoms with van der Waals surface area (Å²) in [5, 5.41) is 1.71. The number of hydrogen-bond donors (Lipinski definition) is 0. The van der Waals surface area contributed by atoms with E-state index in [9.17, 15) is 8.42 Å². The highest BCUT2D eigenvalue weighted by Crippen LogP contribution is 2.18. The van der Waals surface area contributed by atoms with Crippen molar-refractivity contribution in [3.05, 3.63) is 53.4 Å². The first kappa shape index (κ1) is 11.0. The quantitative estimate of drug-likeness (QED) is 0.787. The van der Waals surface area contributed by atoms with Crippen molar-refractivity contribution in [3.8, 4) is 0 Å². The fourth-order valence-corrected chi connectivity index (χ4v) is 2.98. The van der Waals surface area contributed by atoms with Crippen molar-refractivity contribution in [1.29, 1.82) is 0 Å². The highest BCUT2D eigenvalue weighted by molar-refractivity contribution is 7.92. The van der Waals surface area contributed by atoms with Crippen molar-refractivity contribution in [3.63, 3.8) is 0 Å². The van der Waals surface area contributed by atoms with Crippen molar-refractivity contribution in [2.24, 2.45) is 4.40 Å². The summed E-state index contributed by atoms with van der Waals surface area (Å²) in [4.78, 5) is 0. The summed E-state index contributed by atoms with van der Waals surface area (Å²) in [5.41, 5.74) is 0.766. The molecule has 5 heteroatoms. The van der Waals surface area contributed by atoms with Crippen molar-refractivity contribution in [2.45, 2.75) is 4.21 Å². The monoisotopic (exact) mass is 251 g/mol. The van der Waals surface area contributed by atoms with Crippen LogP contribution < -0.4 is 0 Å². The Labute approximate surface area is 98.1 Å². The van der Waals surface area contributed by atoms with E-state index < -0.39 is 10.0 Å². The maximum absolute atomic E-state index is 11.7. The van der Waals surface area contributed by atoms with Gasteiger partial charge in [-0.1, -0.05) is 36.4 Å². The Morgan fingerprint density at radius 3 is 2.44 bits per heavy atom. The van der Waals surface area contributed by atoms with E-state index in [4.69, 9.17) is 0 Å². The third-order valence-electron chi connectivity index (χ3n) is 1.89. The van der Waals surface area contributed by atoms with Crippen molar-refractivity contribution in [2.75, 3.05) is 0 Å². The van der Waals surface area contributed by atoms with Gasteiger partial charge >= 0.3 is 0 Å². The van der Waals surface area contributed by atoms with Gasteiger partial charge in [0.15, 0.2) is 0 Å². The Balaban J connectivity index is 2.26. The molecule has 1 heterocycles. The largest absolute Gasteiger partial charge is 0.291 e. The third kappa shape index (κ3) is 2.56. The lowest BCUT2D eigenvalue weighted by molar-refractivity contribution is 0.600. The zero-order chi connectivity index (χ0) is 11.4. The molecule has 2 aromatic rings. The molecule has 0 aliphatic rings. The van der Waals surface area contributed by atoms with Crippen LogP contribution in [0.5, 0.6) is 0 Å². The van der Waals surface area contributed by atoms with E-state index >= 15 is 0 Å². The zero-order valence-electron chi connectivity index (χ0n) is 8.28. The minimum absolute atomic E-state index is 0.264. The zero-order valence-corrected chi connectivity index (χ0v) is 9.91. The van der Waals surface area contributed by atoms with E-state index in [0.29, 0.717) is 0 Å². The van der Waals surface area contributed by atoms with Gasteiger partial charge in [-0.15, -0.1) is 11.3 Å². The summed E-state index contributed by atoms with van der Waals surface area (Å²) >= 11 is 1.16. The minimum atomic E-state index is -3.53. The second-order valence-corrected chi connectivity index (χ2v) is 5.86. The molecule has 0 unspecified atom stereocenters. The summed E-state index contributed by atoms with van der Waals surface area (Å²) in [6, 6.07) is 12.4. The number of benzene rings is 1. The smallest absolute Gasteiger partial charge is 0.198 e. The first-order valence-corrected chi connectivity index (χ1v) is 6.89. The number of hydrogen-bond acceptors (Lipinski definition) is 3. The fraction of sp³-hybridized carbons (Fsp3) is 0. The molecule has 0 amide bonds. The van der Waals surface area contributed by atoms with Crippen LogP contribution in [0, 0.1) is 0 Å². The average Bonchev–Trinajstić information content (AvgIpc) is 2.82. The van der Waals surface area contributed by atoms with Crippen LogP contribution in [0.1, 0.15) is 5.56 Å². The van der Waals surface area contributed by atoms with Crippen LogP contribution in [0.25, 0.3) is 0 Å². The molecule has 3 nitrogen and oxygen atoms in total. The summed E-state index contributed by atoms with van der Waals surface area (Å²) < 4.78 is 27.2. The molecular weight excluding hydrogens is 242 g/mol. The van der Waals surface area contributed by atoms with E-state index in [1.165, 1.54) is 6.21 Å². The Kier molecular flexibility index (Phi) is 3.17. The van der Waals surface area contributed by atoms with Gasteiger partial charge in [-0.05, 0) is 17.0 Å². The first-order valence-electron chi connectivity index (χ1n) is 4.57. The lowest BCUT2D eigenvalue weighted by Crippen LogP contribution is -1.94. The lowest BCUT2D eigenvalue weighted by Gasteiger charge is -1.93. The molecule has 0 atom stereocenters. The van der Waals surface area contributed by atoms with Gasteiger partial charge in [-0.2, -0.15) is 12.8 Å². The van der Waals surface area contributed by atoms with E-state index in [-0.39, 0.29) is 4.21 Å². The predicted octanol–water partition coefficient (Wildman–Crippen LogP) is 2.56. The molecule has 82 valence electrons. The summed E-state index contributed by atoms with van der Waals surface area (Å²) in [6.07, 6.45) is 1.36. The molecule has 1 aromatic carbocycles. The lowest BCUT2D eigenvalue weighted by atomic mass is 10.2. The number of thiophene rings is 1. The average molecular weight is 251 g/mol. The maximum Gasteiger partial charge on any atom is 0.291 e. The van der Waals surface area contributed by atoms with Crippen LogP contribution in [0.3, 0.4) is 0 Å². The van der Waals surface area contributed by atoms with Crippen LogP contribution in [-0.2, 0) is 10.0 Å². The molecule has 2 rings (SSSR count). The summed E-state index contributed by atoms with van der Waals surface area (Å²) in [6.45, 7) is 0. The van der Waals surface area contributed by atoms with E-state index in [0.717, 1.165) is 16.9 Å². The van der Waals surface area contributed by atoms with Gasteiger partial charge in [0.05, 0.1) is 0 Å². The number of rotatable bonds is 3. The topological polar surface area (TPSA) is 46.5 Å². The molecule has 0 N–H and O–H groups in total. The number of nitrogens with zero attached hydrogens (tertiary/aromatic N) is 1. The Morgan fingerprint density at radius 2 is 1.81 bits per heavy atom. The molecule has 0 aliphatic carbocycles. The van der Waals surface area contributed by atoms with Crippen LogP contribution in [0.15, 0.2) is 56.5 Å². The van der Waals surface area contributed by atoms with Gasteiger partial charge in [-0.3, -0.25) is 0 Å². The summed E-state index contributed by atoms with van der Waals surface area (Å²) in [7, 11) is -3.53. The first-order chi connectivity index (χ1) is 7.68. The minimum Gasteiger partial charge on any atom is -0.198 e. The van der Waals surface area contributed by atoms with E-state index in [2.05, 4.69) is 4.40 Å². The highest BCUT2D eigenvalue weighted by atomic mass is 32.2. The summed E-state index contributed by atoms with van der Waals surface area (Å²) in [5.74, 6) is 0. The van der Waals surface area contributed by atoms with E-state index in [1.54, 1.807) is 29.6 Å². The van der Waals surface area contributed by atoms with Gasteiger partial charge < -0.3 is 0 Å². The van der Waals surface area contributed by atoms with Gasteiger partial charge in [0.1, 0.15) is 4.21 Å². The van der Waals surface area contributed by atoms with Gasteiger partial charge in [0, 0.05) is 6.21 Å². The third-order valence-corrected chi connectivity index (χ3v) is 4.50. The molecule has 0 saturated heterocycles. The molecule has 16 heavy (non-hydrogen) atoms. The fourth-order valence-electron chi connectivity index (χ4n) is 1.13. The molecule has 0 bridgehead atoms. The second-order valence-electron chi connectivity index (χ2n) is 3.05. The molecule has 1 aromatic heterocycles. The van der Waals surface area contributed by atoms with Crippen LogP contribution in [0.2, 0.25) is 0 Å². The Hall–Kier alpha value is -1.46.